The van der Waals surface area contributed by atoms with Crippen molar-refractivity contribution in [2.75, 3.05) is 19.3 Å². The first-order valence-corrected chi connectivity index (χ1v) is 8.52. The van der Waals surface area contributed by atoms with Crippen molar-refractivity contribution in [2.45, 2.75) is 50.4 Å². The minimum absolute atomic E-state index is 0.0428. The van der Waals surface area contributed by atoms with Gasteiger partial charge in [-0.1, -0.05) is 6.92 Å². The second-order valence-electron chi connectivity index (χ2n) is 5.41. The van der Waals surface area contributed by atoms with Crippen LogP contribution in [-0.4, -0.2) is 62.5 Å². The number of piperazine rings is 1. The lowest BCUT2D eigenvalue weighted by Crippen LogP contribution is -2.63. The maximum atomic E-state index is 12.5. The Balaban J connectivity index is 2.21. The molecule has 2 aliphatic rings. The van der Waals surface area contributed by atoms with E-state index >= 15 is 0 Å². The van der Waals surface area contributed by atoms with E-state index in [0.717, 1.165) is 12.8 Å². The fourth-order valence-corrected chi connectivity index (χ4v) is 3.32. The molecule has 4 unspecified atom stereocenters. The van der Waals surface area contributed by atoms with Gasteiger partial charge in [-0.05, 0) is 26.2 Å². The third-order valence-corrected chi connectivity index (χ3v) is 5.45. The van der Waals surface area contributed by atoms with E-state index in [9.17, 15) is 13.8 Å². The second-order valence-corrected chi connectivity index (χ2v) is 7.22. The normalized spacial score (nSPS) is 30.5. The molecule has 108 valence electrons. The molecule has 0 aromatic carbocycles. The molecule has 0 radical (unpaired) electrons. The van der Waals surface area contributed by atoms with E-state index in [2.05, 4.69) is 0 Å². The molecule has 2 amide bonds. The van der Waals surface area contributed by atoms with Gasteiger partial charge in [0, 0.05) is 35.4 Å². The van der Waals surface area contributed by atoms with E-state index < -0.39 is 10.8 Å². The van der Waals surface area contributed by atoms with Gasteiger partial charge in [0.15, 0.2) is 0 Å². The van der Waals surface area contributed by atoms with Gasteiger partial charge in [-0.25, -0.2) is 0 Å². The van der Waals surface area contributed by atoms with Crippen LogP contribution >= 0.6 is 0 Å². The lowest BCUT2D eigenvalue weighted by atomic mass is 10.0. The Hall–Kier alpha value is -0.910. The average Bonchev–Trinajstić information content (AvgIpc) is 2.85. The third-order valence-electron chi connectivity index (χ3n) is 4.17. The summed E-state index contributed by atoms with van der Waals surface area (Å²) in [5.41, 5.74) is 0. The van der Waals surface area contributed by atoms with Crippen molar-refractivity contribution < 1.29 is 13.8 Å². The SMILES string of the molecule is CCC1C(=O)N2CCCC2C(=O)N1CC(C)S(C)=O. The standard InChI is InChI=1S/C13H22N2O3S/c1-4-10-12(16)14-7-5-6-11(14)13(17)15(10)8-9(2)19(3)18/h9-11H,4-8H2,1-3H3. The van der Waals surface area contributed by atoms with Gasteiger partial charge in [0.2, 0.25) is 11.8 Å². The fraction of sp³-hybridized carbons (Fsp3) is 0.846. The molecule has 2 rings (SSSR count). The van der Waals surface area contributed by atoms with E-state index in [0.29, 0.717) is 19.5 Å². The number of fused-ring (bicyclic) bond motifs is 1. The van der Waals surface area contributed by atoms with E-state index in [1.807, 2.05) is 13.8 Å². The molecule has 5 nitrogen and oxygen atoms in total. The van der Waals surface area contributed by atoms with Crippen LogP contribution in [0.3, 0.4) is 0 Å². The van der Waals surface area contributed by atoms with Crippen molar-refractivity contribution in [1.82, 2.24) is 9.80 Å². The van der Waals surface area contributed by atoms with Crippen molar-refractivity contribution in [3.05, 3.63) is 0 Å². The largest absolute Gasteiger partial charge is 0.329 e. The summed E-state index contributed by atoms with van der Waals surface area (Å²) in [4.78, 5) is 28.3. The summed E-state index contributed by atoms with van der Waals surface area (Å²) in [5.74, 6) is 0.111. The van der Waals surface area contributed by atoms with Crippen LogP contribution in [0.2, 0.25) is 0 Å². The topological polar surface area (TPSA) is 57.7 Å². The first-order valence-electron chi connectivity index (χ1n) is 6.90. The molecule has 0 N–H and O–H groups in total. The number of amides is 2. The maximum absolute atomic E-state index is 12.5. The summed E-state index contributed by atoms with van der Waals surface area (Å²) >= 11 is 0. The molecule has 0 aliphatic carbocycles. The van der Waals surface area contributed by atoms with E-state index in [4.69, 9.17) is 0 Å². The number of hydrogen-bond donors (Lipinski definition) is 0. The Morgan fingerprint density at radius 1 is 1.37 bits per heavy atom. The first kappa shape index (κ1) is 14.5. The van der Waals surface area contributed by atoms with Crippen molar-refractivity contribution in [2.24, 2.45) is 0 Å². The Labute approximate surface area is 116 Å². The van der Waals surface area contributed by atoms with Crippen LogP contribution < -0.4 is 0 Å². The predicted molar refractivity (Wildman–Crippen MR) is 74.1 cm³/mol. The van der Waals surface area contributed by atoms with Crippen molar-refractivity contribution >= 4 is 22.6 Å². The van der Waals surface area contributed by atoms with Crippen LogP contribution in [0.4, 0.5) is 0 Å². The zero-order chi connectivity index (χ0) is 14.2. The van der Waals surface area contributed by atoms with Gasteiger partial charge in [-0.15, -0.1) is 0 Å². The van der Waals surface area contributed by atoms with Crippen LogP contribution in [0, 0.1) is 0 Å². The summed E-state index contributed by atoms with van der Waals surface area (Å²) < 4.78 is 11.5. The molecule has 2 heterocycles. The first-order chi connectivity index (χ1) is 8.97. The fourth-order valence-electron chi connectivity index (χ4n) is 2.95. The molecule has 6 heteroatoms. The van der Waals surface area contributed by atoms with Crippen molar-refractivity contribution in [3.63, 3.8) is 0 Å². The Morgan fingerprint density at radius 3 is 2.63 bits per heavy atom. The Morgan fingerprint density at radius 2 is 2.05 bits per heavy atom. The summed E-state index contributed by atoms with van der Waals surface area (Å²) in [5, 5.41) is -0.0984. The predicted octanol–water partition coefficient (Wildman–Crippen LogP) is 0.365. The van der Waals surface area contributed by atoms with Crippen LogP contribution in [0.1, 0.15) is 33.1 Å². The van der Waals surface area contributed by atoms with Gasteiger partial charge in [-0.3, -0.25) is 13.8 Å². The van der Waals surface area contributed by atoms with E-state index in [-0.39, 0.29) is 29.1 Å². The molecule has 2 fully saturated rings. The highest BCUT2D eigenvalue weighted by Gasteiger charge is 2.47. The van der Waals surface area contributed by atoms with Crippen LogP contribution in [0.15, 0.2) is 0 Å². The minimum atomic E-state index is -0.980. The van der Waals surface area contributed by atoms with Crippen LogP contribution in [-0.2, 0) is 20.4 Å². The lowest BCUT2D eigenvalue weighted by Gasteiger charge is -2.42. The molecule has 2 saturated heterocycles. The van der Waals surface area contributed by atoms with Gasteiger partial charge >= 0.3 is 0 Å². The molecule has 0 aromatic heterocycles. The Kier molecular flexibility index (Phi) is 4.28. The smallest absolute Gasteiger partial charge is 0.246 e. The van der Waals surface area contributed by atoms with Gasteiger partial charge in [0.25, 0.3) is 0 Å². The molecular formula is C13H22N2O3S. The molecule has 4 atom stereocenters. The third kappa shape index (κ3) is 2.55. The average molecular weight is 286 g/mol. The zero-order valence-corrected chi connectivity index (χ0v) is 12.6. The van der Waals surface area contributed by atoms with Crippen LogP contribution in [0.5, 0.6) is 0 Å². The van der Waals surface area contributed by atoms with Gasteiger partial charge in [0.1, 0.15) is 12.1 Å². The van der Waals surface area contributed by atoms with E-state index in [1.165, 1.54) is 0 Å². The summed E-state index contributed by atoms with van der Waals surface area (Å²) in [6.07, 6.45) is 3.93. The molecule has 2 aliphatic heterocycles. The molecule has 0 spiro atoms. The highest BCUT2D eigenvalue weighted by molar-refractivity contribution is 7.84. The summed E-state index contributed by atoms with van der Waals surface area (Å²) in [7, 11) is -0.980. The van der Waals surface area contributed by atoms with E-state index in [1.54, 1.807) is 16.1 Å². The highest BCUT2D eigenvalue weighted by Crippen LogP contribution is 2.28. The quantitative estimate of drug-likeness (QED) is 0.750. The van der Waals surface area contributed by atoms with Gasteiger partial charge in [-0.2, -0.15) is 0 Å². The molecule has 0 aromatic rings. The second kappa shape index (κ2) is 5.61. The van der Waals surface area contributed by atoms with Crippen molar-refractivity contribution in [1.29, 1.82) is 0 Å². The number of hydrogen-bond acceptors (Lipinski definition) is 3. The van der Waals surface area contributed by atoms with Gasteiger partial charge < -0.3 is 9.80 Å². The van der Waals surface area contributed by atoms with Crippen LogP contribution in [0.25, 0.3) is 0 Å². The molecular weight excluding hydrogens is 264 g/mol. The summed E-state index contributed by atoms with van der Waals surface area (Å²) in [6, 6.07) is -0.638. The number of nitrogens with zero attached hydrogens (tertiary/aromatic N) is 2. The molecule has 0 saturated carbocycles. The molecule has 19 heavy (non-hydrogen) atoms. The number of carbonyl (C=O) groups excluding carboxylic acids is 2. The summed E-state index contributed by atoms with van der Waals surface area (Å²) in [6.45, 7) is 4.90. The maximum Gasteiger partial charge on any atom is 0.246 e. The number of rotatable bonds is 4. The Bertz CT molecular complexity index is 413. The number of carbonyl (C=O) groups is 2. The highest BCUT2D eigenvalue weighted by atomic mass is 32.2. The monoisotopic (exact) mass is 286 g/mol. The minimum Gasteiger partial charge on any atom is -0.329 e. The van der Waals surface area contributed by atoms with Crippen molar-refractivity contribution in [3.8, 4) is 0 Å². The van der Waals surface area contributed by atoms with Gasteiger partial charge in [0.05, 0.1) is 0 Å². The zero-order valence-electron chi connectivity index (χ0n) is 11.8. The lowest BCUT2D eigenvalue weighted by molar-refractivity contribution is -0.159. The molecule has 0 bridgehead atoms.